The number of nitrogens with one attached hydrogen (secondary N) is 1. The fourth-order valence-corrected chi connectivity index (χ4v) is 2.21. The normalized spacial score (nSPS) is 11.8. The molecule has 1 atom stereocenters. The van der Waals surface area contributed by atoms with Crippen molar-refractivity contribution in [2.45, 2.75) is 6.04 Å². The SMILES string of the molecule is COc1cccc(C(CNc2ccc(C#N)cn2)N(C)C)c1. The first-order chi connectivity index (χ1) is 10.6. The van der Waals surface area contributed by atoms with E-state index in [1.807, 2.05) is 38.4 Å². The minimum atomic E-state index is 0.188. The van der Waals surface area contributed by atoms with E-state index >= 15 is 0 Å². The molecule has 0 spiro atoms. The highest BCUT2D eigenvalue weighted by Gasteiger charge is 2.14. The van der Waals surface area contributed by atoms with Crippen LogP contribution < -0.4 is 10.1 Å². The van der Waals surface area contributed by atoms with Crippen molar-refractivity contribution in [2.24, 2.45) is 0 Å². The van der Waals surface area contributed by atoms with Crippen LogP contribution in [0.3, 0.4) is 0 Å². The summed E-state index contributed by atoms with van der Waals surface area (Å²) in [6.07, 6.45) is 1.57. The van der Waals surface area contributed by atoms with Crippen molar-refractivity contribution < 1.29 is 4.74 Å². The zero-order valence-electron chi connectivity index (χ0n) is 13.1. The second kappa shape index (κ2) is 7.43. The van der Waals surface area contributed by atoms with Crippen molar-refractivity contribution in [2.75, 3.05) is 33.1 Å². The average molecular weight is 296 g/mol. The number of hydrogen-bond acceptors (Lipinski definition) is 5. The Hall–Kier alpha value is -2.58. The summed E-state index contributed by atoms with van der Waals surface area (Å²) in [5.41, 5.74) is 1.73. The molecule has 1 unspecified atom stereocenters. The van der Waals surface area contributed by atoms with Crippen molar-refractivity contribution in [3.63, 3.8) is 0 Å². The number of nitriles is 1. The number of aromatic nitrogens is 1. The number of methoxy groups -OCH3 is 1. The quantitative estimate of drug-likeness (QED) is 0.888. The van der Waals surface area contributed by atoms with Gasteiger partial charge in [-0.1, -0.05) is 12.1 Å². The third kappa shape index (κ3) is 3.96. The highest BCUT2D eigenvalue weighted by molar-refractivity contribution is 5.40. The van der Waals surface area contributed by atoms with Crippen LogP contribution in [0.4, 0.5) is 5.82 Å². The molecule has 114 valence electrons. The summed E-state index contributed by atoms with van der Waals surface area (Å²) in [6.45, 7) is 0.707. The molecule has 0 radical (unpaired) electrons. The second-order valence-corrected chi connectivity index (χ2v) is 5.18. The van der Waals surface area contributed by atoms with Gasteiger partial charge in [-0.15, -0.1) is 0 Å². The smallest absolute Gasteiger partial charge is 0.126 e. The summed E-state index contributed by atoms with van der Waals surface area (Å²) in [5, 5.41) is 12.1. The van der Waals surface area contributed by atoms with E-state index in [0.717, 1.165) is 11.6 Å². The average Bonchev–Trinajstić information content (AvgIpc) is 2.55. The fraction of sp³-hybridized carbons (Fsp3) is 0.294. The lowest BCUT2D eigenvalue weighted by Crippen LogP contribution is -2.27. The molecule has 0 amide bonds. The molecule has 0 aliphatic carbocycles. The zero-order valence-corrected chi connectivity index (χ0v) is 13.1. The molecular weight excluding hydrogens is 276 g/mol. The van der Waals surface area contributed by atoms with Gasteiger partial charge < -0.3 is 15.0 Å². The molecule has 0 saturated heterocycles. The highest BCUT2D eigenvalue weighted by Crippen LogP contribution is 2.23. The van der Waals surface area contributed by atoms with Crippen molar-refractivity contribution in [3.8, 4) is 11.8 Å². The topological polar surface area (TPSA) is 61.2 Å². The van der Waals surface area contributed by atoms with Gasteiger partial charge in [0.1, 0.15) is 17.6 Å². The van der Waals surface area contributed by atoms with Crippen molar-refractivity contribution >= 4 is 5.82 Å². The Labute approximate surface area is 131 Å². The molecule has 1 aromatic heterocycles. The molecule has 1 heterocycles. The Kier molecular flexibility index (Phi) is 5.34. The lowest BCUT2D eigenvalue weighted by Gasteiger charge is -2.25. The number of anilines is 1. The summed E-state index contributed by atoms with van der Waals surface area (Å²) < 4.78 is 5.29. The monoisotopic (exact) mass is 296 g/mol. The van der Waals surface area contributed by atoms with E-state index in [4.69, 9.17) is 10.00 Å². The maximum absolute atomic E-state index is 8.79. The predicted molar refractivity (Wildman–Crippen MR) is 86.9 cm³/mol. The summed E-state index contributed by atoms with van der Waals surface area (Å²) in [6, 6.07) is 13.9. The van der Waals surface area contributed by atoms with E-state index < -0.39 is 0 Å². The summed E-state index contributed by atoms with van der Waals surface area (Å²) >= 11 is 0. The standard InChI is InChI=1S/C17H20N4O/c1-21(2)16(14-5-4-6-15(9-14)22-3)12-20-17-8-7-13(10-18)11-19-17/h4-9,11,16H,12H2,1-3H3,(H,19,20). The van der Waals surface area contributed by atoms with Crippen LogP contribution in [-0.4, -0.2) is 37.6 Å². The van der Waals surface area contributed by atoms with Crippen LogP contribution in [0.1, 0.15) is 17.2 Å². The van der Waals surface area contributed by atoms with Gasteiger partial charge in [0.25, 0.3) is 0 Å². The Morgan fingerprint density at radius 2 is 2.14 bits per heavy atom. The molecule has 0 aliphatic rings. The van der Waals surface area contributed by atoms with Gasteiger partial charge in [0.2, 0.25) is 0 Å². The molecule has 2 rings (SSSR count). The van der Waals surface area contributed by atoms with Crippen molar-refractivity contribution in [1.82, 2.24) is 9.88 Å². The van der Waals surface area contributed by atoms with Crippen LogP contribution in [0.15, 0.2) is 42.6 Å². The highest BCUT2D eigenvalue weighted by atomic mass is 16.5. The summed E-state index contributed by atoms with van der Waals surface area (Å²) in [4.78, 5) is 6.38. The Morgan fingerprint density at radius 1 is 1.32 bits per heavy atom. The van der Waals surface area contributed by atoms with Gasteiger partial charge in [0.05, 0.1) is 18.7 Å². The van der Waals surface area contributed by atoms with Gasteiger partial charge in [-0.2, -0.15) is 5.26 Å². The van der Waals surface area contributed by atoms with Gasteiger partial charge in [-0.05, 0) is 43.9 Å². The molecule has 1 N–H and O–H groups in total. The van der Waals surface area contributed by atoms with Crippen LogP contribution in [-0.2, 0) is 0 Å². The van der Waals surface area contributed by atoms with E-state index in [-0.39, 0.29) is 6.04 Å². The minimum absolute atomic E-state index is 0.188. The molecule has 0 saturated carbocycles. The van der Waals surface area contributed by atoms with E-state index in [9.17, 15) is 0 Å². The maximum atomic E-state index is 8.79. The first-order valence-electron chi connectivity index (χ1n) is 7.04. The van der Waals surface area contributed by atoms with E-state index in [0.29, 0.717) is 12.1 Å². The van der Waals surface area contributed by atoms with Crippen molar-refractivity contribution in [1.29, 1.82) is 5.26 Å². The molecule has 5 nitrogen and oxygen atoms in total. The third-order valence-corrected chi connectivity index (χ3v) is 3.47. The first-order valence-corrected chi connectivity index (χ1v) is 7.04. The first kappa shape index (κ1) is 15.8. The van der Waals surface area contributed by atoms with Crippen LogP contribution in [0.2, 0.25) is 0 Å². The van der Waals surface area contributed by atoms with Crippen LogP contribution >= 0.6 is 0 Å². The summed E-state index contributed by atoms with van der Waals surface area (Å²) in [5.74, 6) is 1.61. The number of benzene rings is 1. The van der Waals surface area contributed by atoms with Gasteiger partial charge in [-0.3, -0.25) is 0 Å². The summed E-state index contributed by atoms with van der Waals surface area (Å²) in [7, 11) is 5.75. The number of likely N-dealkylation sites (N-methyl/N-ethyl adjacent to an activating group) is 1. The van der Waals surface area contributed by atoms with Gasteiger partial charge in [-0.25, -0.2) is 4.98 Å². The molecule has 0 bridgehead atoms. The lowest BCUT2D eigenvalue weighted by atomic mass is 10.1. The second-order valence-electron chi connectivity index (χ2n) is 5.18. The molecular formula is C17H20N4O. The molecule has 2 aromatic rings. The molecule has 1 aromatic carbocycles. The predicted octanol–water partition coefficient (Wildman–Crippen LogP) is 2.68. The Morgan fingerprint density at radius 3 is 2.73 bits per heavy atom. The number of pyridine rings is 1. The Balaban J connectivity index is 2.09. The third-order valence-electron chi connectivity index (χ3n) is 3.47. The number of hydrogen-bond donors (Lipinski definition) is 1. The van der Waals surface area contributed by atoms with Crippen LogP contribution in [0.5, 0.6) is 5.75 Å². The van der Waals surface area contributed by atoms with E-state index in [2.05, 4.69) is 27.3 Å². The van der Waals surface area contributed by atoms with Gasteiger partial charge in [0, 0.05) is 12.7 Å². The Bertz CT molecular complexity index is 646. The number of nitrogens with zero attached hydrogens (tertiary/aromatic N) is 3. The maximum Gasteiger partial charge on any atom is 0.126 e. The molecule has 0 aliphatic heterocycles. The zero-order chi connectivity index (χ0) is 15.9. The minimum Gasteiger partial charge on any atom is -0.497 e. The van der Waals surface area contributed by atoms with Gasteiger partial charge in [0.15, 0.2) is 0 Å². The lowest BCUT2D eigenvalue weighted by molar-refractivity contribution is 0.310. The fourth-order valence-electron chi connectivity index (χ4n) is 2.21. The number of rotatable bonds is 6. The number of ether oxygens (including phenoxy) is 1. The largest absolute Gasteiger partial charge is 0.497 e. The van der Waals surface area contributed by atoms with Crippen LogP contribution in [0.25, 0.3) is 0 Å². The van der Waals surface area contributed by atoms with Crippen LogP contribution in [0, 0.1) is 11.3 Å². The van der Waals surface area contributed by atoms with E-state index in [1.165, 1.54) is 5.56 Å². The molecule has 22 heavy (non-hydrogen) atoms. The molecule has 5 heteroatoms. The van der Waals surface area contributed by atoms with Crippen molar-refractivity contribution in [3.05, 3.63) is 53.7 Å². The van der Waals surface area contributed by atoms with Gasteiger partial charge >= 0.3 is 0 Å². The molecule has 0 fully saturated rings. The van der Waals surface area contributed by atoms with E-state index in [1.54, 1.807) is 19.4 Å².